The number of carboxylic acids is 1. The van der Waals surface area contributed by atoms with Gasteiger partial charge in [0.1, 0.15) is 6.04 Å². The topological polar surface area (TPSA) is 49.3 Å². The van der Waals surface area contributed by atoms with E-state index in [0.717, 1.165) is 15.6 Å². The molecule has 0 spiro atoms. The lowest BCUT2D eigenvalue weighted by Gasteiger charge is -2.15. The number of carboxylic acid groups (broad SMARTS) is 1. The van der Waals surface area contributed by atoms with E-state index in [4.69, 9.17) is 0 Å². The lowest BCUT2D eigenvalue weighted by Crippen LogP contribution is -2.28. The van der Waals surface area contributed by atoms with Crippen molar-refractivity contribution >= 4 is 21.9 Å². The van der Waals surface area contributed by atoms with Crippen LogP contribution in [0.25, 0.3) is 0 Å². The molecule has 0 saturated heterocycles. The average Bonchev–Trinajstić information content (AvgIpc) is 2.40. The van der Waals surface area contributed by atoms with E-state index in [9.17, 15) is 9.90 Å². The summed E-state index contributed by atoms with van der Waals surface area (Å²) in [6.07, 6.45) is 0. The van der Waals surface area contributed by atoms with Crippen molar-refractivity contribution in [3.05, 3.63) is 70.2 Å². The van der Waals surface area contributed by atoms with Crippen molar-refractivity contribution in [1.82, 2.24) is 5.32 Å². The van der Waals surface area contributed by atoms with Gasteiger partial charge in [-0.3, -0.25) is 10.1 Å². The molecule has 1 unspecified atom stereocenters. The number of rotatable bonds is 5. The van der Waals surface area contributed by atoms with Gasteiger partial charge in [-0.2, -0.15) is 0 Å². The van der Waals surface area contributed by atoms with Crippen LogP contribution < -0.4 is 5.32 Å². The van der Waals surface area contributed by atoms with Gasteiger partial charge in [0.25, 0.3) is 0 Å². The number of halogens is 1. The number of carbonyl (C=O) groups is 1. The second kappa shape index (κ2) is 6.50. The minimum absolute atomic E-state index is 0.505. The first-order valence-corrected chi connectivity index (χ1v) is 6.71. The Hall–Kier alpha value is -1.65. The molecule has 0 aliphatic rings. The molecule has 0 aromatic heterocycles. The standard InChI is InChI=1S/C15H14BrNO2/c16-13-8-4-5-11(9-13)10-17-14(15(18)19)12-6-2-1-3-7-12/h1-9,14,17H,10H2,(H,18,19). The molecule has 2 rings (SSSR count). The summed E-state index contributed by atoms with van der Waals surface area (Å²) in [5, 5.41) is 12.3. The molecule has 0 heterocycles. The predicted octanol–water partition coefficient (Wildman–Crippen LogP) is 3.36. The summed E-state index contributed by atoms with van der Waals surface area (Å²) in [6, 6.07) is 16.3. The van der Waals surface area contributed by atoms with Crippen LogP contribution in [0.2, 0.25) is 0 Å². The van der Waals surface area contributed by atoms with Gasteiger partial charge in [0.15, 0.2) is 0 Å². The molecule has 3 nitrogen and oxygen atoms in total. The SMILES string of the molecule is O=C(O)C(NCc1cccc(Br)c1)c1ccccc1. The summed E-state index contributed by atoms with van der Waals surface area (Å²) in [5.41, 5.74) is 1.79. The minimum Gasteiger partial charge on any atom is -0.480 e. The van der Waals surface area contributed by atoms with Crippen LogP contribution in [-0.4, -0.2) is 11.1 Å². The van der Waals surface area contributed by atoms with Crippen LogP contribution >= 0.6 is 15.9 Å². The normalized spacial score (nSPS) is 12.1. The maximum absolute atomic E-state index is 11.3. The molecule has 1 atom stereocenters. The molecule has 0 bridgehead atoms. The van der Waals surface area contributed by atoms with E-state index in [1.165, 1.54) is 0 Å². The Bertz CT molecular complexity index is 557. The molecule has 98 valence electrons. The highest BCUT2D eigenvalue weighted by Crippen LogP contribution is 2.15. The maximum Gasteiger partial charge on any atom is 0.325 e. The van der Waals surface area contributed by atoms with Crippen LogP contribution in [0.15, 0.2) is 59.1 Å². The van der Waals surface area contributed by atoms with E-state index in [2.05, 4.69) is 21.2 Å². The fraction of sp³-hybridized carbons (Fsp3) is 0.133. The molecule has 0 fully saturated rings. The van der Waals surface area contributed by atoms with Crippen molar-refractivity contribution in [1.29, 1.82) is 0 Å². The number of aliphatic carboxylic acids is 1. The first kappa shape index (κ1) is 13.8. The molecular formula is C15H14BrNO2. The summed E-state index contributed by atoms with van der Waals surface area (Å²) in [4.78, 5) is 11.3. The first-order valence-electron chi connectivity index (χ1n) is 5.92. The van der Waals surface area contributed by atoms with E-state index < -0.39 is 12.0 Å². The second-order valence-electron chi connectivity index (χ2n) is 4.19. The molecule has 0 radical (unpaired) electrons. The van der Waals surface area contributed by atoms with Gasteiger partial charge in [-0.25, -0.2) is 0 Å². The zero-order valence-electron chi connectivity index (χ0n) is 10.2. The smallest absolute Gasteiger partial charge is 0.325 e. The monoisotopic (exact) mass is 319 g/mol. The zero-order valence-corrected chi connectivity index (χ0v) is 11.8. The Morgan fingerprint density at radius 3 is 2.53 bits per heavy atom. The summed E-state index contributed by atoms with van der Waals surface area (Å²) < 4.78 is 0.985. The highest BCUT2D eigenvalue weighted by Gasteiger charge is 2.18. The Labute approximate surface area is 120 Å². The van der Waals surface area contributed by atoms with E-state index in [1.54, 1.807) is 0 Å². The van der Waals surface area contributed by atoms with Crippen molar-refractivity contribution in [2.45, 2.75) is 12.6 Å². The quantitative estimate of drug-likeness (QED) is 0.888. The fourth-order valence-corrected chi connectivity index (χ4v) is 2.31. The van der Waals surface area contributed by atoms with Gasteiger partial charge in [0, 0.05) is 11.0 Å². The summed E-state index contributed by atoms with van der Waals surface area (Å²) in [6.45, 7) is 0.505. The van der Waals surface area contributed by atoms with Crippen LogP contribution in [0.5, 0.6) is 0 Å². The van der Waals surface area contributed by atoms with Gasteiger partial charge in [-0.15, -0.1) is 0 Å². The Kier molecular flexibility index (Phi) is 4.71. The van der Waals surface area contributed by atoms with Gasteiger partial charge in [-0.05, 0) is 23.3 Å². The highest BCUT2D eigenvalue weighted by atomic mass is 79.9. The average molecular weight is 320 g/mol. The molecule has 2 N–H and O–H groups in total. The van der Waals surface area contributed by atoms with Gasteiger partial charge in [-0.1, -0.05) is 58.4 Å². The highest BCUT2D eigenvalue weighted by molar-refractivity contribution is 9.10. The Morgan fingerprint density at radius 1 is 1.16 bits per heavy atom. The van der Waals surface area contributed by atoms with E-state index in [1.807, 2.05) is 54.6 Å². The summed E-state index contributed by atoms with van der Waals surface area (Å²) in [5.74, 6) is -0.874. The van der Waals surface area contributed by atoms with Gasteiger partial charge < -0.3 is 5.11 Å². The van der Waals surface area contributed by atoms with Crippen molar-refractivity contribution in [3.63, 3.8) is 0 Å². The molecule has 4 heteroatoms. The first-order chi connectivity index (χ1) is 9.16. The third-order valence-electron chi connectivity index (χ3n) is 2.78. The third kappa shape index (κ3) is 3.91. The second-order valence-corrected chi connectivity index (χ2v) is 5.11. The Morgan fingerprint density at radius 2 is 1.89 bits per heavy atom. The van der Waals surface area contributed by atoms with Gasteiger partial charge in [0.05, 0.1) is 0 Å². The predicted molar refractivity (Wildman–Crippen MR) is 77.8 cm³/mol. The van der Waals surface area contributed by atoms with Crippen molar-refractivity contribution < 1.29 is 9.90 Å². The molecule has 2 aromatic rings. The number of hydrogen-bond acceptors (Lipinski definition) is 2. The Balaban J connectivity index is 2.08. The van der Waals surface area contributed by atoms with Gasteiger partial charge in [0.2, 0.25) is 0 Å². The molecule has 19 heavy (non-hydrogen) atoms. The van der Waals surface area contributed by atoms with Crippen molar-refractivity contribution in [2.24, 2.45) is 0 Å². The van der Waals surface area contributed by atoms with Crippen LogP contribution in [0.1, 0.15) is 17.2 Å². The summed E-state index contributed by atoms with van der Waals surface area (Å²) in [7, 11) is 0. The molecule has 0 amide bonds. The van der Waals surface area contributed by atoms with Crippen LogP contribution in [-0.2, 0) is 11.3 Å². The van der Waals surface area contributed by atoms with Crippen LogP contribution in [0, 0.1) is 0 Å². The zero-order chi connectivity index (χ0) is 13.7. The number of benzene rings is 2. The summed E-state index contributed by atoms with van der Waals surface area (Å²) >= 11 is 3.40. The minimum atomic E-state index is -0.874. The largest absolute Gasteiger partial charge is 0.480 e. The van der Waals surface area contributed by atoms with Crippen molar-refractivity contribution in [2.75, 3.05) is 0 Å². The van der Waals surface area contributed by atoms with E-state index in [0.29, 0.717) is 6.54 Å². The third-order valence-corrected chi connectivity index (χ3v) is 3.27. The fourth-order valence-electron chi connectivity index (χ4n) is 1.86. The van der Waals surface area contributed by atoms with Crippen LogP contribution in [0.4, 0.5) is 0 Å². The van der Waals surface area contributed by atoms with E-state index >= 15 is 0 Å². The van der Waals surface area contributed by atoms with Gasteiger partial charge >= 0.3 is 5.97 Å². The molecule has 0 aliphatic heterocycles. The van der Waals surface area contributed by atoms with Crippen molar-refractivity contribution in [3.8, 4) is 0 Å². The lowest BCUT2D eigenvalue weighted by molar-refractivity contribution is -0.139. The number of hydrogen-bond donors (Lipinski definition) is 2. The van der Waals surface area contributed by atoms with Crippen LogP contribution in [0.3, 0.4) is 0 Å². The molecule has 2 aromatic carbocycles. The lowest BCUT2D eigenvalue weighted by atomic mass is 10.1. The number of nitrogens with one attached hydrogen (secondary N) is 1. The van der Waals surface area contributed by atoms with E-state index in [-0.39, 0.29) is 0 Å². The molecule has 0 saturated carbocycles. The molecular weight excluding hydrogens is 306 g/mol. The maximum atomic E-state index is 11.3. The molecule has 0 aliphatic carbocycles.